The molecule has 0 bridgehead atoms. The van der Waals surface area contributed by atoms with Crippen molar-refractivity contribution in [2.24, 2.45) is 0 Å². The van der Waals surface area contributed by atoms with Crippen LogP contribution in [0, 0.1) is 0 Å². The largest absolute Gasteiger partial charge is 0.494 e. The van der Waals surface area contributed by atoms with Crippen LogP contribution in [0.5, 0.6) is 5.75 Å². The van der Waals surface area contributed by atoms with Gasteiger partial charge in [-0.25, -0.2) is 4.79 Å². The molecule has 0 aromatic heterocycles. The highest BCUT2D eigenvalue weighted by molar-refractivity contribution is 6.12. The van der Waals surface area contributed by atoms with Crippen molar-refractivity contribution in [3.63, 3.8) is 0 Å². The second-order valence-corrected chi connectivity index (χ2v) is 11.0. The van der Waals surface area contributed by atoms with Crippen molar-refractivity contribution < 1.29 is 24.2 Å². The number of carbonyl (C=O) groups excluding carboxylic acids is 2. The summed E-state index contributed by atoms with van der Waals surface area (Å²) >= 11 is 0. The third kappa shape index (κ3) is 10.1. The average Bonchev–Trinajstić information content (AvgIpc) is 3.07. The third-order valence-corrected chi connectivity index (χ3v) is 7.61. The Hall–Kier alpha value is -4.91. The molecule has 2 N–H and O–H groups in total. The first-order valence-corrected chi connectivity index (χ1v) is 15.7. The standard InChI is InChI=1S/C38H42N2O5/c1-2-3-4-11-21-36(41)40(31-17-9-6-10-18-31)26-14-27-45-32-24-22-29(23-25-32)28-35(38(43)44)39-34-20-13-12-19-33(34)37(42)30-15-7-5-8-16-30/h5-10,12-13,15-20,22-25,35,39H,2-4,11,14,21,26-28H2,1H3,(H,43,44)/t35-/m0/s1. The highest BCUT2D eigenvalue weighted by Gasteiger charge is 2.21. The second kappa shape index (κ2) is 17.4. The molecule has 234 valence electrons. The summed E-state index contributed by atoms with van der Waals surface area (Å²) in [5, 5.41) is 13.0. The molecule has 4 aromatic carbocycles. The maximum atomic E-state index is 13.1. The second-order valence-electron chi connectivity index (χ2n) is 11.0. The van der Waals surface area contributed by atoms with Crippen LogP contribution in [-0.2, 0) is 16.0 Å². The zero-order valence-corrected chi connectivity index (χ0v) is 25.9. The molecule has 0 heterocycles. The van der Waals surface area contributed by atoms with E-state index in [1.54, 1.807) is 48.5 Å². The van der Waals surface area contributed by atoms with E-state index in [2.05, 4.69) is 12.2 Å². The van der Waals surface area contributed by atoms with Gasteiger partial charge in [-0.15, -0.1) is 0 Å². The molecule has 0 aliphatic heterocycles. The lowest BCUT2D eigenvalue weighted by Crippen LogP contribution is -2.32. The van der Waals surface area contributed by atoms with E-state index in [-0.39, 0.29) is 18.1 Å². The highest BCUT2D eigenvalue weighted by atomic mass is 16.5. The number of amides is 1. The van der Waals surface area contributed by atoms with Gasteiger partial charge in [0.15, 0.2) is 5.78 Å². The van der Waals surface area contributed by atoms with E-state index in [9.17, 15) is 19.5 Å². The lowest BCUT2D eigenvalue weighted by Gasteiger charge is -2.23. The van der Waals surface area contributed by atoms with Crippen LogP contribution in [-0.4, -0.2) is 42.0 Å². The number of ether oxygens (including phenoxy) is 1. The maximum absolute atomic E-state index is 13.1. The van der Waals surface area contributed by atoms with E-state index in [4.69, 9.17) is 4.74 Å². The molecule has 1 atom stereocenters. The predicted octanol–water partition coefficient (Wildman–Crippen LogP) is 7.80. The summed E-state index contributed by atoms with van der Waals surface area (Å²) < 4.78 is 5.96. The Labute approximate surface area is 265 Å². The molecule has 4 rings (SSSR count). The number of rotatable bonds is 18. The summed E-state index contributed by atoms with van der Waals surface area (Å²) in [5.41, 5.74) is 3.15. The molecule has 45 heavy (non-hydrogen) atoms. The summed E-state index contributed by atoms with van der Waals surface area (Å²) in [6.45, 7) is 3.17. The van der Waals surface area contributed by atoms with E-state index < -0.39 is 12.0 Å². The topological polar surface area (TPSA) is 95.9 Å². The number of para-hydroxylation sites is 2. The first-order chi connectivity index (χ1) is 22.0. The molecule has 0 spiro atoms. The number of hydrogen-bond donors (Lipinski definition) is 2. The average molecular weight is 607 g/mol. The van der Waals surface area contributed by atoms with Crippen LogP contribution in [0.4, 0.5) is 11.4 Å². The number of carbonyl (C=O) groups is 3. The summed E-state index contributed by atoms with van der Waals surface area (Å²) in [6, 6.07) is 32.1. The van der Waals surface area contributed by atoms with Crippen LogP contribution in [0.2, 0.25) is 0 Å². The van der Waals surface area contributed by atoms with Crippen molar-refractivity contribution in [3.05, 3.63) is 126 Å². The molecule has 4 aromatic rings. The number of nitrogens with one attached hydrogen (secondary N) is 1. The Morgan fingerprint density at radius 3 is 2.13 bits per heavy atom. The van der Waals surface area contributed by atoms with Gasteiger partial charge >= 0.3 is 5.97 Å². The fraction of sp³-hybridized carbons (Fsp3) is 0.289. The quantitative estimate of drug-likeness (QED) is 0.0887. The lowest BCUT2D eigenvalue weighted by molar-refractivity contribution is -0.137. The van der Waals surface area contributed by atoms with Crippen LogP contribution < -0.4 is 15.0 Å². The molecule has 0 unspecified atom stereocenters. The van der Waals surface area contributed by atoms with Gasteiger partial charge < -0.3 is 20.1 Å². The van der Waals surface area contributed by atoms with Gasteiger partial charge in [0.05, 0.1) is 6.61 Å². The maximum Gasteiger partial charge on any atom is 0.326 e. The van der Waals surface area contributed by atoms with Gasteiger partial charge in [-0.05, 0) is 54.8 Å². The fourth-order valence-electron chi connectivity index (χ4n) is 5.15. The molecular weight excluding hydrogens is 564 g/mol. The third-order valence-electron chi connectivity index (χ3n) is 7.61. The van der Waals surface area contributed by atoms with Gasteiger partial charge in [-0.2, -0.15) is 0 Å². The van der Waals surface area contributed by atoms with Crippen molar-refractivity contribution >= 4 is 29.0 Å². The number of benzene rings is 4. The number of unbranched alkanes of at least 4 members (excludes halogenated alkanes) is 3. The Kier molecular flexibility index (Phi) is 12.8. The Morgan fingerprint density at radius 2 is 1.44 bits per heavy atom. The van der Waals surface area contributed by atoms with Gasteiger partial charge in [0.25, 0.3) is 0 Å². The Balaban J connectivity index is 1.31. The van der Waals surface area contributed by atoms with Gasteiger partial charge in [0.2, 0.25) is 5.91 Å². The molecule has 0 saturated carbocycles. The fourth-order valence-corrected chi connectivity index (χ4v) is 5.15. The van der Waals surface area contributed by atoms with Crippen molar-refractivity contribution in [1.82, 2.24) is 0 Å². The van der Waals surface area contributed by atoms with Gasteiger partial charge in [0, 0.05) is 41.9 Å². The lowest BCUT2D eigenvalue weighted by atomic mass is 10.00. The normalized spacial score (nSPS) is 11.4. The van der Waals surface area contributed by atoms with Crippen LogP contribution >= 0.6 is 0 Å². The molecule has 7 nitrogen and oxygen atoms in total. The minimum absolute atomic E-state index is 0.135. The SMILES string of the molecule is CCCCCCC(=O)N(CCCOc1ccc(C[C@H](Nc2ccccc2C(=O)c2ccccc2)C(=O)O)cc1)c1ccccc1. The van der Waals surface area contributed by atoms with Gasteiger partial charge in [0.1, 0.15) is 11.8 Å². The summed E-state index contributed by atoms with van der Waals surface area (Å²) in [6.07, 6.45) is 5.67. The monoisotopic (exact) mass is 606 g/mol. The first kappa shape index (κ1) is 33.0. The number of nitrogens with zero attached hydrogens (tertiary/aromatic N) is 1. The Morgan fingerprint density at radius 1 is 0.778 bits per heavy atom. The predicted molar refractivity (Wildman–Crippen MR) is 179 cm³/mol. The summed E-state index contributed by atoms with van der Waals surface area (Å²) in [4.78, 5) is 40.2. The zero-order valence-electron chi connectivity index (χ0n) is 25.9. The van der Waals surface area contributed by atoms with Crippen LogP contribution in [0.25, 0.3) is 0 Å². The minimum atomic E-state index is -1.01. The number of hydrogen-bond acceptors (Lipinski definition) is 5. The molecule has 0 radical (unpaired) electrons. The van der Waals surface area contributed by atoms with E-state index in [0.29, 0.717) is 48.6 Å². The summed E-state index contributed by atoms with van der Waals surface area (Å²) in [7, 11) is 0. The summed E-state index contributed by atoms with van der Waals surface area (Å²) in [5.74, 6) is -0.377. The van der Waals surface area contributed by atoms with E-state index in [0.717, 1.165) is 36.9 Å². The number of aliphatic carboxylic acids is 1. The number of carboxylic acids is 1. The molecular formula is C38H42N2O5. The molecule has 1 amide bonds. The Bertz CT molecular complexity index is 1510. The van der Waals surface area contributed by atoms with Crippen molar-refractivity contribution in [1.29, 1.82) is 0 Å². The van der Waals surface area contributed by atoms with Crippen LogP contribution in [0.3, 0.4) is 0 Å². The molecule has 0 aliphatic rings. The zero-order chi connectivity index (χ0) is 31.9. The van der Waals surface area contributed by atoms with Crippen molar-refractivity contribution in [3.8, 4) is 5.75 Å². The smallest absolute Gasteiger partial charge is 0.326 e. The highest BCUT2D eigenvalue weighted by Crippen LogP contribution is 2.22. The van der Waals surface area contributed by atoms with Gasteiger partial charge in [-0.1, -0.05) is 99.0 Å². The number of carboxylic acid groups (broad SMARTS) is 1. The van der Waals surface area contributed by atoms with Gasteiger partial charge in [-0.3, -0.25) is 9.59 Å². The van der Waals surface area contributed by atoms with E-state index >= 15 is 0 Å². The first-order valence-electron chi connectivity index (χ1n) is 15.7. The van der Waals surface area contributed by atoms with Crippen LogP contribution in [0.1, 0.15) is 66.9 Å². The molecule has 0 fully saturated rings. The minimum Gasteiger partial charge on any atom is -0.494 e. The number of ketones is 1. The molecule has 0 aliphatic carbocycles. The van der Waals surface area contributed by atoms with Crippen molar-refractivity contribution in [2.75, 3.05) is 23.4 Å². The molecule has 7 heteroatoms. The van der Waals surface area contributed by atoms with E-state index in [1.165, 1.54) is 0 Å². The van der Waals surface area contributed by atoms with Crippen molar-refractivity contribution in [2.45, 2.75) is 57.9 Å². The van der Waals surface area contributed by atoms with E-state index in [1.807, 2.05) is 65.6 Å². The number of anilines is 2. The molecule has 0 saturated heterocycles. The van der Waals surface area contributed by atoms with Crippen LogP contribution in [0.15, 0.2) is 109 Å².